The summed E-state index contributed by atoms with van der Waals surface area (Å²) in [6.07, 6.45) is 0.895. The summed E-state index contributed by atoms with van der Waals surface area (Å²) in [6, 6.07) is 6.34. The lowest BCUT2D eigenvalue weighted by molar-refractivity contribution is -0.119. The summed E-state index contributed by atoms with van der Waals surface area (Å²) < 4.78 is 5.17. The number of carbonyl (C=O) groups excluding carboxylic acids is 3. The summed E-state index contributed by atoms with van der Waals surface area (Å²) in [5, 5.41) is 5.22. The van der Waals surface area contributed by atoms with Crippen molar-refractivity contribution in [1.29, 1.82) is 0 Å². The number of alkyl carbamates (subject to hydrolysis) is 1. The highest BCUT2D eigenvalue weighted by molar-refractivity contribution is 5.98. The van der Waals surface area contributed by atoms with E-state index in [9.17, 15) is 14.4 Å². The molecule has 0 unspecified atom stereocenters. The van der Waals surface area contributed by atoms with Crippen LogP contribution < -0.4 is 10.6 Å². The van der Waals surface area contributed by atoms with E-state index in [-0.39, 0.29) is 11.7 Å². The van der Waals surface area contributed by atoms with Gasteiger partial charge in [-0.05, 0) is 57.9 Å². The van der Waals surface area contributed by atoms with Crippen LogP contribution in [0.25, 0.3) is 0 Å². The van der Waals surface area contributed by atoms with Crippen LogP contribution in [0.4, 0.5) is 10.5 Å². The van der Waals surface area contributed by atoms with Crippen molar-refractivity contribution in [2.75, 3.05) is 5.32 Å². The van der Waals surface area contributed by atoms with Crippen LogP contribution >= 0.6 is 0 Å². The minimum Gasteiger partial charge on any atom is -0.444 e. The predicted molar refractivity (Wildman–Crippen MR) is 92.8 cm³/mol. The van der Waals surface area contributed by atoms with Gasteiger partial charge in [-0.15, -0.1) is 0 Å². The number of Topliss-reactive ketones (excluding diaryl/α,β-unsaturated/α-hetero) is 1. The molecular weight excluding hydrogens is 308 g/mol. The number of carbonyl (C=O) groups is 3. The van der Waals surface area contributed by atoms with Crippen molar-refractivity contribution < 1.29 is 19.1 Å². The summed E-state index contributed by atoms with van der Waals surface area (Å²) in [5.41, 5.74) is 0.849. The first-order valence-corrected chi connectivity index (χ1v) is 7.63. The average molecular weight is 332 g/mol. The topological polar surface area (TPSA) is 84.5 Å². The second-order valence-electron chi connectivity index (χ2n) is 6.40. The van der Waals surface area contributed by atoms with E-state index in [1.807, 2.05) is 0 Å². The molecule has 130 valence electrons. The van der Waals surface area contributed by atoms with Gasteiger partial charge in [-0.3, -0.25) is 9.59 Å². The van der Waals surface area contributed by atoms with Gasteiger partial charge in [-0.1, -0.05) is 18.7 Å². The van der Waals surface area contributed by atoms with E-state index in [1.165, 1.54) is 13.0 Å². The molecule has 0 heterocycles. The summed E-state index contributed by atoms with van der Waals surface area (Å²) in [6.45, 7) is 10.1. The smallest absolute Gasteiger partial charge is 0.408 e. The molecule has 0 aliphatic heterocycles. The van der Waals surface area contributed by atoms with Crippen LogP contribution in [0.5, 0.6) is 0 Å². The lowest BCUT2D eigenvalue weighted by atomic mass is 10.0. The SMILES string of the molecule is C=CC(=O)Nc1ccc(C[C@H](NC(=O)OC(C)(C)C)C(C)=O)cc1. The molecule has 2 amide bonds. The first-order chi connectivity index (χ1) is 11.1. The number of benzene rings is 1. The molecule has 0 saturated carbocycles. The van der Waals surface area contributed by atoms with Crippen molar-refractivity contribution in [3.63, 3.8) is 0 Å². The van der Waals surface area contributed by atoms with Gasteiger partial charge in [0.05, 0.1) is 6.04 Å². The van der Waals surface area contributed by atoms with E-state index in [0.29, 0.717) is 12.1 Å². The zero-order chi connectivity index (χ0) is 18.3. The highest BCUT2D eigenvalue weighted by atomic mass is 16.6. The molecule has 1 aromatic carbocycles. The molecule has 0 aliphatic rings. The molecule has 2 N–H and O–H groups in total. The Bertz CT molecular complexity index is 615. The standard InChI is InChI=1S/C18H24N2O4/c1-6-16(22)19-14-9-7-13(8-10-14)11-15(12(2)21)20-17(23)24-18(3,4)5/h6-10,15H,1,11H2,2-5H3,(H,19,22)(H,20,23)/t15-/m0/s1. The normalized spacial score (nSPS) is 12.0. The molecule has 6 heteroatoms. The fourth-order valence-corrected chi connectivity index (χ4v) is 1.90. The number of nitrogens with one attached hydrogen (secondary N) is 2. The Morgan fingerprint density at radius 2 is 1.79 bits per heavy atom. The third-order valence-corrected chi connectivity index (χ3v) is 3.03. The predicted octanol–water partition coefficient (Wildman–Crippen LogP) is 2.84. The van der Waals surface area contributed by atoms with Gasteiger partial charge in [0.1, 0.15) is 5.60 Å². The van der Waals surface area contributed by atoms with Gasteiger partial charge in [0.25, 0.3) is 0 Å². The fraction of sp³-hybridized carbons (Fsp3) is 0.389. The molecule has 1 atom stereocenters. The number of rotatable bonds is 6. The number of ether oxygens (including phenoxy) is 1. The van der Waals surface area contributed by atoms with Crippen molar-refractivity contribution in [2.45, 2.75) is 45.8 Å². The van der Waals surface area contributed by atoms with Gasteiger partial charge < -0.3 is 15.4 Å². The van der Waals surface area contributed by atoms with Gasteiger partial charge in [0, 0.05) is 5.69 Å². The Labute approximate surface area is 142 Å². The van der Waals surface area contributed by atoms with Crippen molar-refractivity contribution >= 4 is 23.5 Å². The maximum Gasteiger partial charge on any atom is 0.408 e. The van der Waals surface area contributed by atoms with Crippen LogP contribution in [0.3, 0.4) is 0 Å². The van der Waals surface area contributed by atoms with Gasteiger partial charge in [0.2, 0.25) is 5.91 Å². The molecule has 1 rings (SSSR count). The zero-order valence-corrected chi connectivity index (χ0v) is 14.5. The van der Waals surface area contributed by atoms with Crippen LogP contribution in [0.2, 0.25) is 0 Å². The minimum atomic E-state index is -0.673. The highest BCUT2D eigenvalue weighted by Crippen LogP contribution is 2.12. The lowest BCUT2D eigenvalue weighted by Gasteiger charge is -2.22. The van der Waals surface area contributed by atoms with Gasteiger partial charge in [-0.2, -0.15) is 0 Å². The van der Waals surface area contributed by atoms with Crippen molar-refractivity contribution in [3.05, 3.63) is 42.5 Å². The molecule has 0 aliphatic carbocycles. The first-order valence-electron chi connectivity index (χ1n) is 7.63. The Kier molecular flexibility index (Phi) is 6.70. The van der Waals surface area contributed by atoms with E-state index in [1.54, 1.807) is 45.0 Å². The molecule has 6 nitrogen and oxygen atoms in total. The van der Waals surface area contributed by atoms with E-state index in [4.69, 9.17) is 4.74 Å². The number of hydrogen-bond donors (Lipinski definition) is 2. The molecule has 0 spiro atoms. The van der Waals surface area contributed by atoms with Crippen LogP contribution in [-0.2, 0) is 20.7 Å². The largest absolute Gasteiger partial charge is 0.444 e. The summed E-state index contributed by atoms with van der Waals surface area (Å²) in [5.74, 6) is -0.458. The minimum absolute atomic E-state index is 0.162. The Hall–Kier alpha value is -2.63. The zero-order valence-electron chi connectivity index (χ0n) is 14.5. The van der Waals surface area contributed by atoms with E-state index in [2.05, 4.69) is 17.2 Å². The highest BCUT2D eigenvalue weighted by Gasteiger charge is 2.22. The second-order valence-corrected chi connectivity index (χ2v) is 6.40. The van der Waals surface area contributed by atoms with Crippen LogP contribution in [0, 0.1) is 0 Å². The van der Waals surface area contributed by atoms with Gasteiger partial charge in [0.15, 0.2) is 5.78 Å². The first kappa shape index (κ1) is 19.4. The van der Waals surface area contributed by atoms with Crippen LogP contribution in [-0.4, -0.2) is 29.4 Å². The van der Waals surface area contributed by atoms with E-state index < -0.39 is 17.7 Å². The average Bonchev–Trinajstić information content (AvgIpc) is 2.46. The molecule has 0 aromatic heterocycles. The van der Waals surface area contributed by atoms with Crippen molar-refractivity contribution in [3.8, 4) is 0 Å². The third kappa shape index (κ3) is 7.09. The molecule has 0 bridgehead atoms. The number of hydrogen-bond acceptors (Lipinski definition) is 4. The number of ketones is 1. The summed E-state index contributed by atoms with van der Waals surface area (Å²) >= 11 is 0. The maximum absolute atomic E-state index is 11.8. The Morgan fingerprint density at radius 1 is 1.21 bits per heavy atom. The molecule has 1 aromatic rings. The Balaban J connectivity index is 2.71. The third-order valence-electron chi connectivity index (χ3n) is 3.03. The monoisotopic (exact) mass is 332 g/mol. The van der Waals surface area contributed by atoms with E-state index in [0.717, 1.165) is 5.56 Å². The molecular formula is C18H24N2O4. The molecule has 24 heavy (non-hydrogen) atoms. The second kappa shape index (κ2) is 8.29. The van der Waals surface area contributed by atoms with Crippen molar-refractivity contribution in [1.82, 2.24) is 5.32 Å². The summed E-state index contributed by atoms with van der Waals surface area (Å²) in [4.78, 5) is 34.8. The molecule has 0 saturated heterocycles. The van der Waals surface area contributed by atoms with Crippen molar-refractivity contribution in [2.24, 2.45) is 0 Å². The number of anilines is 1. The van der Waals surface area contributed by atoms with E-state index >= 15 is 0 Å². The molecule has 0 fully saturated rings. The Morgan fingerprint density at radius 3 is 2.25 bits per heavy atom. The van der Waals surface area contributed by atoms with Crippen LogP contribution in [0.1, 0.15) is 33.3 Å². The van der Waals surface area contributed by atoms with Gasteiger partial charge >= 0.3 is 6.09 Å². The fourth-order valence-electron chi connectivity index (χ4n) is 1.90. The lowest BCUT2D eigenvalue weighted by Crippen LogP contribution is -2.43. The van der Waals surface area contributed by atoms with Crippen LogP contribution in [0.15, 0.2) is 36.9 Å². The molecule has 0 radical (unpaired) electrons. The summed E-state index contributed by atoms with van der Waals surface area (Å²) in [7, 11) is 0. The van der Waals surface area contributed by atoms with Gasteiger partial charge in [-0.25, -0.2) is 4.79 Å². The maximum atomic E-state index is 11.8. The number of amides is 2. The quantitative estimate of drug-likeness (QED) is 0.785.